The third-order valence-electron chi connectivity index (χ3n) is 2.86. The van der Waals surface area contributed by atoms with Crippen molar-refractivity contribution in [1.29, 1.82) is 0 Å². The second-order valence-electron chi connectivity index (χ2n) is 4.41. The second-order valence-corrected chi connectivity index (χ2v) is 4.41. The molecule has 0 spiro atoms. The van der Waals surface area contributed by atoms with Crippen molar-refractivity contribution in [1.82, 2.24) is 15.0 Å². The fraction of sp³-hybridized carbons (Fsp3) is 0.231. The standard InChI is InChI=1S/C13H13N3O2/c1-8-3-4-11-9(5-8)6-12(18-11)13(17)10-7-16(2)15-14-10/h3-7,13,17H,1-2H3. The van der Waals surface area contributed by atoms with Crippen molar-refractivity contribution in [3.63, 3.8) is 0 Å². The van der Waals surface area contributed by atoms with Crippen LogP contribution in [0, 0.1) is 6.92 Å². The molecule has 2 heterocycles. The van der Waals surface area contributed by atoms with Crippen molar-refractivity contribution >= 4 is 11.0 Å². The Hall–Kier alpha value is -2.14. The van der Waals surface area contributed by atoms with E-state index in [1.165, 1.54) is 0 Å². The summed E-state index contributed by atoms with van der Waals surface area (Å²) in [5, 5.41) is 18.8. The second kappa shape index (κ2) is 3.96. The molecular weight excluding hydrogens is 230 g/mol. The van der Waals surface area contributed by atoms with Crippen LogP contribution in [0.3, 0.4) is 0 Å². The number of aliphatic hydroxyl groups excluding tert-OH is 1. The van der Waals surface area contributed by atoms with Crippen LogP contribution >= 0.6 is 0 Å². The largest absolute Gasteiger partial charge is 0.458 e. The lowest BCUT2D eigenvalue weighted by molar-refractivity contribution is 0.187. The first-order valence-electron chi connectivity index (χ1n) is 5.68. The molecular formula is C13H13N3O2. The number of benzene rings is 1. The summed E-state index contributed by atoms with van der Waals surface area (Å²) >= 11 is 0. The molecule has 5 heteroatoms. The summed E-state index contributed by atoms with van der Waals surface area (Å²) in [4.78, 5) is 0. The molecule has 92 valence electrons. The van der Waals surface area contributed by atoms with Crippen molar-refractivity contribution in [2.75, 3.05) is 0 Å². The van der Waals surface area contributed by atoms with Gasteiger partial charge in [-0.25, -0.2) is 0 Å². The topological polar surface area (TPSA) is 64.1 Å². The molecule has 0 aliphatic heterocycles. The monoisotopic (exact) mass is 243 g/mol. The van der Waals surface area contributed by atoms with Crippen LogP contribution in [0.5, 0.6) is 0 Å². The van der Waals surface area contributed by atoms with Gasteiger partial charge in [-0.15, -0.1) is 5.10 Å². The number of hydrogen-bond donors (Lipinski definition) is 1. The minimum Gasteiger partial charge on any atom is -0.458 e. The van der Waals surface area contributed by atoms with E-state index < -0.39 is 6.10 Å². The zero-order chi connectivity index (χ0) is 12.7. The molecule has 3 rings (SSSR count). The Morgan fingerprint density at radius 2 is 2.17 bits per heavy atom. The zero-order valence-electron chi connectivity index (χ0n) is 10.2. The first-order chi connectivity index (χ1) is 8.63. The highest BCUT2D eigenvalue weighted by Gasteiger charge is 2.18. The fourth-order valence-electron chi connectivity index (χ4n) is 1.95. The van der Waals surface area contributed by atoms with Crippen LogP contribution in [0.2, 0.25) is 0 Å². The Kier molecular flexibility index (Phi) is 2.41. The predicted octanol–water partition coefficient (Wildman–Crippen LogP) is 1.95. The molecule has 2 aromatic heterocycles. The molecule has 5 nitrogen and oxygen atoms in total. The van der Waals surface area contributed by atoms with Gasteiger partial charge in [0.15, 0.2) is 6.10 Å². The third kappa shape index (κ3) is 1.78. The third-order valence-corrected chi connectivity index (χ3v) is 2.86. The van der Waals surface area contributed by atoms with Crippen LogP contribution in [0.15, 0.2) is 34.9 Å². The average molecular weight is 243 g/mol. The van der Waals surface area contributed by atoms with Gasteiger partial charge in [0.25, 0.3) is 0 Å². The summed E-state index contributed by atoms with van der Waals surface area (Å²) < 4.78 is 7.17. The molecule has 0 radical (unpaired) electrons. The van der Waals surface area contributed by atoms with E-state index in [0.717, 1.165) is 16.5 Å². The lowest BCUT2D eigenvalue weighted by Gasteiger charge is -2.01. The lowest BCUT2D eigenvalue weighted by Crippen LogP contribution is -1.98. The van der Waals surface area contributed by atoms with Gasteiger partial charge in [-0.1, -0.05) is 16.8 Å². The number of rotatable bonds is 2. The first kappa shape index (κ1) is 11.0. The summed E-state index contributed by atoms with van der Waals surface area (Å²) in [5.74, 6) is 0.483. The molecule has 0 saturated heterocycles. The van der Waals surface area contributed by atoms with Gasteiger partial charge >= 0.3 is 0 Å². The Morgan fingerprint density at radius 1 is 1.33 bits per heavy atom. The molecule has 1 aromatic carbocycles. The zero-order valence-corrected chi connectivity index (χ0v) is 10.2. The fourth-order valence-corrected chi connectivity index (χ4v) is 1.95. The molecule has 18 heavy (non-hydrogen) atoms. The summed E-state index contributed by atoms with van der Waals surface area (Å²) in [7, 11) is 1.76. The molecule has 0 aliphatic rings. The molecule has 3 aromatic rings. The molecule has 0 bridgehead atoms. The highest BCUT2D eigenvalue weighted by molar-refractivity contribution is 5.78. The minimum atomic E-state index is -0.883. The van der Waals surface area contributed by atoms with Gasteiger partial charge in [-0.2, -0.15) is 0 Å². The highest BCUT2D eigenvalue weighted by atomic mass is 16.4. The van der Waals surface area contributed by atoms with E-state index in [4.69, 9.17) is 4.42 Å². The van der Waals surface area contributed by atoms with Crippen LogP contribution in [-0.4, -0.2) is 20.1 Å². The highest BCUT2D eigenvalue weighted by Crippen LogP contribution is 2.27. The molecule has 1 unspecified atom stereocenters. The molecule has 0 saturated carbocycles. The van der Waals surface area contributed by atoms with E-state index in [1.807, 2.05) is 31.2 Å². The number of aromatic nitrogens is 3. The van der Waals surface area contributed by atoms with Gasteiger partial charge in [0.05, 0.1) is 6.20 Å². The van der Waals surface area contributed by atoms with Crippen LogP contribution in [0.4, 0.5) is 0 Å². The Morgan fingerprint density at radius 3 is 2.89 bits per heavy atom. The number of aliphatic hydroxyl groups is 1. The van der Waals surface area contributed by atoms with E-state index in [0.29, 0.717) is 11.5 Å². The van der Waals surface area contributed by atoms with Crippen LogP contribution < -0.4 is 0 Å². The number of furan rings is 1. The molecule has 0 aliphatic carbocycles. The van der Waals surface area contributed by atoms with Crippen molar-refractivity contribution < 1.29 is 9.52 Å². The van der Waals surface area contributed by atoms with Gasteiger partial charge in [0, 0.05) is 12.4 Å². The maximum absolute atomic E-state index is 10.2. The lowest BCUT2D eigenvalue weighted by atomic mass is 10.1. The molecule has 1 N–H and O–H groups in total. The minimum absolute atomic E-state index is 0.480. The molecule has 0 amide bonds. The molecule has 0 fully saturated rings. The van der Waals surface area contributed by atoms with Crippen molar-refractivity contribution in [2.45, 2.75) is 13.0 Å². The number of hydrogen-bond acceptors (Lipinski definition) is 4. The van der Waals surface area contributed by atoms with Gasteiger partial charge in [0.1, 0.15) is 17.0 Å². The maximum Gasteiger partial charge on any atom is 0.157 e. The Balaban J connectivity index is 2.03. The Bertz CT molecular complexity index is 699. The van der Waals surface area contributed by atoms with Crippen LogP contribution in [0.1, 0.15) is 23.1 Å². The van der Waals surface area contributed by atoms with Crippen molar-refractivity contribution in [3.8, 4) is 0 Å². The van der Waals surface area contributed by atoms with Gasteiger partial charge < -0.3 is 9.52 Å². The van der Waals surface area contributed by atoms with Gasteiger partial charge in [0.2, 0.25) is 0 Å². The smallest absolute Gasteiger partial charge is 0.157 e. The van der Waals surface area contributed by atoms with E-state index >= 15 is 0 Å². The quantitative estimate of drug-likeness (QED) is 0.747. The number of fused-ring (bicyclic) bond motifs is 1. The first-order valence-corrected chi connectivity index (χ1v) is 5.68. The predicted molar refractivity (Wildman–Crippen MR) is 66.0 cm³/mol. The van der Waals surface area contributed by atoms with Crippen molar-refractivity contribution in [3.05, 3.63) is 47.5 Å². The molecule has 1 atom stereocenters. The van der Waals surface area contributed by atoms with E-state index in [2.05, 4.69) is 10.3 Å². The van der Waals surface area contributed by atoms with E-state index in [1.54, 1.807) is 17.9 Å². The number of aryl methyl sites for hydroxylation is 2. The Labute approximate surface area is 104 Å². The van der Waals surface area contributed by atoms with Gasteiger partial charge in [-0.3, -0.25) is 4.68 Å². The van der Waals surface area contributed by atoms with Crippen LogP contribution in [-0.2, 0) is 7.05 Å². The SMILES string of the molecule is Cc1ccc2oc(C(O)c3cn(C)nn3)cc2c1. The maximum atomic E-state index is 10.2. The average Bonchev–Trinajstić information content (AvgIpc) is 2.93. The summed E-state index contributed by atoms with van der Waals surface area (Å²) in [5.41, 5.74) is 2.40. The van der Waals surface area contributed by atoms with Crippen LogP contribution in [0.25, 0.3) is 11.0 Å². The van der Waals surface area contributed by atoms with Gasteiger partial charge in [-0.05, 0) is 25.1 Å². The normalized spacial score (nSPS) is 13.1. The number of nitrogens with zero attached hydrogens (tertiary/aromatic N) is 3. The summed E-state index contributed by atoms with van der Waals surface area (Å²) in [6, 6.07) is 7.73. The van der Waals surface area contributed by atoms with E-state index in [-0.39, 0.29) is 0 Å². The summed E-state index contributed by atoms with van der Waals surface area (Å²) in [6.45, 7) is 2.02. The van der Waals surface area contributed by atoms with E-state index in [9.17, 15) is 5.11 Å². The summed E-state index contributed by atoms with van der Waals surface area (Å²) in [6.07, 6.45) is 0.787. The van der Waals surface area contributed by atoms with Crippen molar-refractivity contribution in [2.24, 2.45) is 7.05 Å².